The summed E-state index contributed by atoms with van der Waals surface area (Å²) in [6, 6.07) is 0. The van der Waals surface area contributed by atoms with Gasteiger partial charge in [0.05, 0.1) is 6.10 Å². The van der Waals surface area contributed by atoms with Crippen molar-refractivity contribution in [3.05, 3.63) is 37.0 Å². The molecule has 4 atom stereocenters. The number of carbonyl (C=O) groups excluding carboxylic acids is 1. The Balaban J connectivity index is 2.61. The molecule has 1 aliphatic rings. The summed E-state index contributed by atoms with van der Waals surface area (Å²) < 4.78 is 11.9. The van der Waals surface area contributed by atoms with Crippen LogP contribution in [-0.4, -0.2) is 26.5 Å². The molecule has 4 heteroatoms. The zero-order valence-electron chi connectivity index (χ0n) is 18.7. The van der Waals surface area contributed by atoms with E-state index in [1.54, 1.807) is 0 Å². The summed E-state index contributed by atoms with van der Waals surface area (Å²) in [6.07, 6.45) is 12.2. The van der Waals surface area contributed by atoms with Crippen molar-refractivity contribution in [2.24, 2.45) is 11.8 Å². The highest BCUT2D eigenvalue weighted by molar-refractivity contribution is 6.74. The summed E-state index contributed by atoms with van der Waals surface area (Å²) in [7, 11) is -1.92. The van der Waals surface area contributed by atoms with Crippen LogP contribution in [0.5, 0.6) is 0 Å². The van der Waals surface area contributed by atoms with Gasteiger partial charge in [-0.15, -0.1) is 6.58 Å². The van der Waals surface area contributed by atoms with Crippen LogP contribution in [0.3, 0.4) is 0 Å². The molecule has 0 radical (unpaired) electrons. The summed E-state index contributed by atoms with van der Waals surface area (Å²) in [4.78, 5) is 12.0. The summed E-state index contributed by atoms with van der Waals surface area (Å²) >= 11 is 0. The van der Waals surface area contributed by atoms with Gasteiger partial charge in [0.2, 0.25) is 0 Å². The summed E-state index contributed by atoms with van der Waals surface area (Å²) in [6.45, 7) is 18.8. The van der Waals surface area contributed by atoms with E-state index in [0.29, 0.717) is 18.3 Å². The van der Waals surface area contributed by atoms with E-state index >= 15 is 0 Å². The molecule has 0 heterocycles. The Kier molecular flexibility index (Phi) is 9.46. The summed E-state index contributed by atoms with van der Waals surface area (Å²) in [5.74, 6) is 6.33. The van der Waals surface area contributed by atoms with Crippen molar-refractivity contribution in [3.63, 3.8) is 0 Å². The molecule has 0 aromatic rings. The van der Waals surface area contributed by atoms with E-state index in [9.17, 15) is 4.79 Å². The van der Waals surface area contributed by atoms with E-state index in [2.05, 4.69) is 52.3 Å². The number of esters is 1. The second-order valence-corrected chi connectivity index (χ2v) is 13.9. The molecule has 0 aliphatic heterocycles. The molecule has 1 rings (SSSR count). The van der Waals surface area contributed by atoms with E-state index in [1.807, 2.05) is 44.2 Å². The molecule has 0 aromatic heterocycles. The van der Waals surface area contributed by atoms with Gasteiger partial charge < -0.3 is 9.16 Å². The van der Waals surface area contributed by atoms with Gasteiger partial charge in [0.1, 0.15) is 6.10 Å². The molecule has 1 fully saturated rings. The monoisotopic (exact) mass is 402 g/mol. The van der Waals surface area contributed by atoms with Crippen molar-refractivity contribution >= 4 is 14.3 Å². The first-order valence-electron chi connectivity index (χ1n) is 10.3. The van der Waals surface area contributed by atoms with Gasteiger partial charge in [-0.2, -0.15) is 0 Å². The Labute approximate surface area is 173 Å². The van der Waals surface area contributed by atoms with Gasteiger partial charge in [0.15, 0.2) is 8.32 Å². The molecule has 0 aromatic carbocycles. The number of carbonyl (C=O) groups is 1. The van der Waals surface area contributed by atoms with Gasteiger partial charge >= 0.3 is 5.97 Å². The van der Waals surface area contributed by atoms with Gasteiger partial charge in [-0.05, 0) is 56.7 Å². The third kappa shape index (κ3) is 8.62. The Morgan fingerprint density at radius 2 is 2.00 bits per heavy atom. The third-order valence-electron chi connectivity index (χ3n) is 5.60. The van der Waals surface area contributed by atoms with Crippen molar-refractivity contribution in [3.8, 4) is 11.8 Å². The minimum Gasteiger partial charge on any atom is -0.453 e. The van der Waals surface area contributed by atoms with Gasteiger partial charge in [-0.3, -0.25) is 0 Å². The van der Waals surface area contributed by atoms with Crippen LogP contribution in [0.25, 0.3) is 0 Å². The van der Waals surface area contributed by atoms with Gasteiger partial charge in [-0.25, -0.2) is 4.79 Å². The number of hydrogen-bond donors (Lipinski definition) is 0. The molecule has 0 bridgehead atoms. The van der Waals surface area contributed by atoms with Crippen molar-refractivity contribution in [1.29, 1.82) is 0 Å². The van der Waals surface area contributed by atoms with Crippen LogP contribution in [0.2, 0.25) is 18.1 Å². The summed E-state index contributed by atoms with van der Waals surface area (Å²) in [5, 5.41) is 0.119. The minimum absolute atomic E-state index is 0.106. The number of hydrogen-bond acceptors (Lipinski definition) is 3. The average Bonchev–Trinajstić information content (AvgIpc) is 3.31. The fraction of sp³-hybridized carbons (Fsp3) is 0.625. The van der Waals surface area contributed by atoms with Crippen LogP contribution < -0.4 is 0 Å². The summed E-state index contributed by atoms with van der Waals surface area (Å²) in [5.41, 5.74) is 0. The zero-order chi connectivity index (χ0) is 21.4. The fourth-order valence-electron chi connectivity index (χ4n) is 2.74. The molecule has 1 saturated carbocycles. The second kappa shape index (κ2) is 10.8. The predicted molar refractivity (Wildman–Crippen MR) is 120 cm³/mol. The van der Waals surface area contributed by atoms with Crippen LogP contribution in [0, 0.1) is 23.7 Å². The smallest absolute Gasteiger partial charge is 0.384 e. The molecule has 28 heavy (non-hydrogen) atoms. The Bertz CT molecular complexity index is 643. The molecule has 3 nitrogen and oxygen atoms in total. The van der Waals surface area contributed by atoms with E-state index in [0.717, 1.165) is 12.8 Å². The Morgan fingerprint density at radius 1 is 1.32 bits per heavy atom. The van der Waals surface area contributed by atoms with Crippen molar-refractivity contribution < 1.29 is 14.0 Å². The number of rotatable bonds is 9. The first-order valence-corrected chi connectivity index (χ1v) is 13.2. The molecule has 1 aliphatic carbocycles. The average molecular weight is 403 g/mol. The van der Waals surface area contributed by atoms with Crippen LogP contribution in [-0.2, 0) is 14.0 Å². The van der Waals surface area contributed by atoms with E-state index < -0.39 is 14.3 Å². The minimum atomic E-state index is -1.92. The van der Waals surface area contributed by atoms with Gasteiger partial charge in [0.25, 0.3) is 0 Å². The van der Waals surface area contributed by atoms with Crippen LogP contribution in [0.15, 0.2) is 37.0 Å². The van der Waals surface area contributed by atoms with Gasteiger partial charge in [0, 0.05) is 12.3 Å². The maximum absolute atomic E-state index is 12.0. The number of ether oxygens (including phenoxy) is 1. The lowest BCUT2D eigenvalue weighted by molar-refractivity contribution is -0.141. The largest absolute Gasteiger partial charge is 0.453 e. The highest BCUT2D eigenvalue weighted by Crippen LogP contribution is 2.43. The highest BCUT2D eigenvalue weighted by atomic mass is 28.4. The van der Waals surface area contributed by atoms with Crippen LogP contribution >= 0.6 is 0 Å². The Morgan fingerprint density at radius 3 is 2.54 bits per heavy atom. The Hall–Kier alpha value is -1.57. The lowest BCUT2D eigenvalue weighted by Gasteiger charge is -2.38. The van der Waals surface area contributed by atoms with E-state index in [-0.39, 0.29) is 17.2 Å². The predicted octanol–water partition coefficient (Wildman–Crippen LogP) is 6.05. The third-order valence-corrected chi connectivity index (χ3v) is 10.1. The highest BCUT2D eigenvalue weighted by Gasteiger charge is 2.38. The molecule has 0 amide bonds. The molecule has 0 spiro atoms. The van der Waals surface area contributed by atoms with E-state index in [4.69, 9.17) is 9.16 Å². The lowest BCUT2D eigenvalue weighted by atomic mass is 10.1. The molecular formula is C24H38O3Si. The SMILES string of the molecule is C=CC1CC1CC(C)OC(=O)C#CCC(/C=C/C=C/C)O[Si](C)(C)C(C)(C)C. The second-order valence-electron chi connectivity index (χ2n) is 9.18. The molecule has 4 unspecified atom stereocenters. The number of allylic oxidation sites excluding steroid dienone is 4. The molecule has 0 saturated heterocycles. The fourth-order valence-corrected chi connectivity index (χ4v) is 4.02. The van der Waals surface area contributed by atoms with Crippen molar-refractivity contribution in [2.75, 3.05) is 0 Å². The molecular weight excluding hydrogens is 364 g/mol. The quantitative estimate of drug-likeness (QED) is 0.118. The van der Waals surface area contributed by atoms with Gasteiger partial charge in [-0.1, -0.05) is 57.1 Å². The normalized spacial score (nSPS) is 21.8. The maximum Gasteiger partial charge on any atom is 0.384 e. The van der Waals surface area contributed by atoms with Crippen LogP contribution in [0.4, 0.5) is 0 Å². The maximum atomic E-state index is 12.0. The first kappa shape index (κ1) is 24.5. The molecule has 0 N–H and O–H groups in total. The first-order chi connectivity index (χ1) is 13.0. The van der Waals surface area contributed by atoms with E-state index in [1.165, 1.54) is 0 Å². The topological polar surface area (TPSA) is 35.5 Å². The standard InChI is InChI=1S/C24H38O3Si/c1-9-11-12-14-22(27-28(7,8)24(4,5)6)15-13-16-23(25)26-19(3)17-21-18-20(21)10-2/h9-12,14,19-22H,2,15,17-18H2,1,3-8H3/b11-9+,14-12+. The van der Waals surface area contributed by atoms with Crippen LogP contribution in [0.1, 0.15) is 53.9 Å². The lowest BCUT2D eigenvalue weighted by Crippen LogP contribution is -2.43. The van der Waals surface area contributed by atoms with Crippen molar-refractivity contribution in [1.82, 2.24) is 0 Å². The van der Waals surface area contributed by atoms with Crippen molar-refractivity contribution in [2.45, 2.75) is 84.2 Å². The zero-order valence-corrected chi connectivity index (χ0v) is 19.7. The molecule has 156 valence electrons.